The number of rotatable bonds is 8. The van der Waals surface area contributed by atoms with Gasteiger partial charge in [-0.1, -0.05) is 45.0 Å². The summed E-state index contributed by atoms with van der Waals surface area (Å²) in [4.78, 5) is 0. The highest BCUT2D eigenvalue weighted by molar-refractivity contribution is 8.21. The van der Waals surface area contributed by atoms with E-state index in [1.165, 1.54) is 36.1 Å². The van der Waals surface area contributed by atoms with E-state index in [1.807, 2.05) is 6.08 Å². The number of hydrogen-bond acceptors (Lipinski definition) is 3. The fourth-order valence-corrected chi connectivity index (χ4v) is 15.7. The molecule has 0 bridgehead atoms. The Morgan fingerprint density at radius 1 is 1.21 bits per heavy atom. The summed E-state index contributed by atoms with van der Waals surface area (Å²) >= 11 is 4.35. The van der Waals surface area contributed by atoms with Gasteiger partial charge in [0, 0.05) is 0 Å². The van der Waals surface area contributed by atoms with Crippen molar-refractivity contribution in [2.45, 2.75) is 68.0 Å². The van der Waals surface area contributed by atoms with Crippen molar-refractivity contribution in [1.82, 2.24) is 0 Å². The molecule has 0 radical (unpaired) electrons. The smallest absolute Gasteiger partial charge is 0.0836 e. The van der Waals surface area contributed by atoms with E-state index in [-0.39, 0.29) is 6.10 Å². The van der Waals surface area contributed by atoms with Crippen molar-refractivity contribution in [2.75, 3.05) is 11.5 Å². The fourth-order valence-electron chi connectivity index (χ4n) is 3.36. The molecule has 1 saturated heterocycles. The predicted molar refractivity (Wildman–Crippen MR) is 94.9 cm³/mol. The molecule has 1 rings (SSSR count). The van der Waals surface area contributed by atoms with Crippen molar-refractivity contribution in [3.8, 4) is 0 Å². The van der Waals surface area contributed by atoms with Crippen molar-refractivity contribution in [3.05, 3.63) is 12.7 Å². The summed E-state index contributed by atoms with van der Waals surface area (Å²) in [6.45, 7) is 10.9. The summed E-state index contributed by atoms with van der Waals surface area (Å²) in [6, 6.07) is 4.04. The van der Waals surface area contributed by atoms with Crippen LogP contribution in [0.15, 0.2) is 12.7 Å². The molecule has 0 aromatic rings. The number of aliphatic hydroxyl groups excluding tert-OH is 1. The van der Waals surface area contributed by atoms with Crippen LogP contribution in [0.4, 0.5) is 0 Å². The van der Waals surface area contributed by atoms with Gasteiger partial charge in [-0.15, -0.1) is 30.1 Å². The maximum Gasteiger partial charge on any atom is 0.0836 e. The molecule has 112 valence electrons. The molecule has 19 heavy (non-hydrogen) atoms. The zero-order valence-electron chi connectivity index (χ0n) is 12.8. The van der Waals surface area contributed by atoms with Gasteiger partial charge in [0.25, 0.3) is 0 Å². The van der Waals surface area contributed by atoms with E-state index in [4.69, 9.17) is 0 Å². The summed E-state index contributed by atoms with van der Waals surface area (Å²) in [7, 11) is -1.33. The zero-order chi connectivity index (χ0) is 14.4. The first kappa shape index (κ1) is 17.7. The zero-order valence-corrected chi connectivity index (χ0v) is 15.4. The molecule has 0 aromatic carbocycles. The number of aliphatic hydroxyl groups is 1. The Morgan fingerprint density at radius 2 is 1.74 bits per heavy atom. The van der Waals surface area contributed by atoms with E-state index in [2.05, 4.69) is 50.9 Å². The van der Waals surface area contributed by atoms with E-state index < -0.39 is 8.07 Å². The van der Waals surface area contributed by atoms with E-state index in [0.717, 1.165) is 12.8 Å². The van der Waals surface area contributed by atoms with Crippen LogP contribution in [-0.2, 0) is 0 Å². The van der Waals surface area contributed by atoms with Crippen molar-refractivity contribution in [3.63, 3.8) is 0 Å². The third-order valence-corrected chi connectivity index (χ3v) is 17.0. The Labute approximate surface area is 129 Å². The van der Waals surface area contributed by atoms with Crippen LogP contribution in [0.3, 0.4) is 0 Å². The maximum absolute atomic E-state index is 10.3. The Morgan fingerprint density at radius 3 is 2.16 bits per heavy atom. The van der Waals surface area contributed by atoms with Crippen LogP contribution in [0.2, 0.25) is 18.1 Å². The van der Waals surface area contributed by atoms with Crippen molar-refractivity contribution < 1.29 is 5.11 Å². The first-order valence-electron chi connectivity index (χ1n) is 7.66. The lowest BCUT2D eigenvalue weighted by Gasteiger charge is -2.50. The van der Waals surface area contributed by atoms with Crippen molar-refractivity contribution >= 4 is 31.6 Å². The van der Waals surface area contributed by atoms with Gasteiger partial charge in [-0.3, -0.25) is 0 Å². The SMILES string of the molecule is C=CC[C@H](O)CC1([Si](CC)(CC)CC)SCCCS1. The van der Waals surface area contributed by atoms with Gasteiger partial charge in [0.2, 0.25) is 0 Å². The van der Waals surface area contributed by atoms with Crippen LogP contribution in [0, 0.1) is 0 Å². The Balaban J connectivity index is 2.99. The Hall–Kier alpha value is 0.617. The third-order valence-electron chi connectivity index (χ3n) is 4.74. The normalized spacial score (nSPS) is 21.1. The Bertz CT molecular complexity index is 265. The number of thioether (sulfide) groups is 2. The van der Waals surface area contributed by atoms with Crippen LogP contribution >= 0.6 is 23.5 Å². The molecule has 0 amide bonds. The molecule has 1 aliphatic rings. The second-order valence-electron chi connectivity index (χ2n) is 5.53. The number of hydrogen-bond donors (Lipinski definition) is 1. The van der Waals surface area contributed by atoms with Crippen LogP contribution in [0.5, 0.6) is 0 Å². The molecule has 1 nitrogen and oxygen atoms in total. The lowest BCUT2D eigenvalue weighted by molar-refractivity contribution is 0.169. The molecule has 1 heterocycles. The summed E-state index contributed by atoms with van der Waals surface area (Å²) in [6.07, 6.45) is 4.70. The highest BCUT2D eigenvalue weighted by Gasteiger charge is 2.51. The topological polar surface area (TPSA) is 20.2 Å². The molecule has 0 spiro atoms. The second kappa shape index (κ2) is 8.16. The van der Waals surface area contributed by atoms with Gasteiger partial charge in [0.15, 0.2) is 0 Å². The predicted octanol–water partition coefficient (Wildman–Crippen LogP) is 4.93. The highest BCUT2D eigenvalue weighted by Crippen LogP contribution is 2.55. The summed E-state index contributed by atoms with van der Waals surface area (Å²) in [5, 5.41) is 10.3. The van der Waals surface area contributed by atoms with Gasteiger partial charge in [-0.05, 0) is 30.8 Å². The minimum atomic E-state index is -1.33. The third kappa shape index (κ3) is 3.83. The molecule has 1 N–H and O–H groups in total. The van der Waals surface area contributed by atoms with Gasteiger partial charge >= 0.3 is 0 Å². The van der Waals surface area contributed by atoms with Crippen LogP contribution in [0.25, 0.3) is 0 Å². The molecular weight excluding hydrogens is 288 g/mol. The average molecular weight is 319 g/mol. The van der Waals surface area contributed by atoms with E-state index in [1.54, 1.807) is 0 Å². The van der Waals surface area contributed by atoms with E-state index in [9.17, 15) is 5.11 Å². The van der Waals surface area contributed by atoms with Gasteiger partial charge in [-0.2, -0.15) is 0 Å². The van der Waals surface area contributed by atoms with Crippen molar-refractivity contribution in [2.24, 2.45) is 0 Å². The highest BCUT2D eigenvalue weighted by atomic mass is 32.2. The van der Waals surface area contributed by atoms with Crippen LogP contribution < -0.4 is 0 Å². The molecule has 1 atom stereocenters. The minimum Gasteiger partial charge on any atom is -0.393 e. The molecule has 4 heteroatoms. The maximum atomic E-state index is 10.3. The molecule has 0 aromatic heterocycles. The molecule has 0 saturated carbocycles. The molecule has 1 aliphatic heterocycles. The fraction of sp³-hybridized carbons (Fsp3) is 0.867. The monoisotopic (exact) mass is 318 g/mol. The van der Waals surface area contributed by atoms with Gasteiger partial charge in [-0.25, -0.2) is 0 Å². The van der Waals surface area contributed by atoms with E-state index in [0.29, 0.717) is 3.70 Å². The summed E-state index contributed by atoms with van der Waals surface area (Å²) < 4.78 is 0.339. The van der Waals surface area contributed by atoms with E-state index >= 15 is 0 Å². The molecule has 1 fully saturated rings. The summed E-state index contributed by atoms with van der Waals surface area (Å²) in [5.41, 5.74) is 0. The van der Waals surface area contributed by atoms with Crippen LogP contribution in [0.1, 0.15) is 40.0 Å². The largest absolute Gasteiger partial charge is 0.393 e. The lowest BCUT2D eigenvalue weighted by Crippen LogP contribution is -2.55. The summed E-state index contributed by atoms with van der Waals surface area (Å²) in [5.74, 6) is 2.56. The molecule has 0 aliphatic carbocycles. The lowest BCUT2D eigenvalue weighted by atomic mass is 10.2. The Kier molecular flexibility index (Phi) is 7.58. The standard InChI is InChI=1S/C15H30OS2Si/c1-5-10-14(16)13-15(17-11-9-12-18-15)19(6-2,7-3)8-4/h5,14,16H,1,6-13H2,2-4H3/t14-/m0/s1. The first-order chi connectivity index (χ1) is 9.09. The van der Waals surface area contributed by atoms with Crippen LogP contribution in [-0.4, -0.2) is 34.5 Å². The van der Waals surface area contributed by atoms with Gasteiger partial charge in [0.1, 0.15) is 0 Å². The molecule has 0 unspecified atom stereocenters. The van der Waals surface area contributed by atoms with Crippen molar-refractivity contribution in [1.29, 1.82) is 0 Å². The van der Waals surface area contributed by atoms with Gasteiger partial charge in [0.05, 0.1) is 17.9 Å². The quantitative estimate of drug-likeness (QED) is 0.506. The first-order valence-corrected chi connectivity index (χ1v) is 12.3. The molecular formula is C15H30OS2Si. The minimum absolute atomic E-state index is 0.202. The average Bonchev–Trinajstić information content (AvgIpc) is 2.42. The second-order valence-corrected chi connectivity index (χ2v) is 14.8. The van der Waals surface area contributed by atoms with Gasteiger partial charge < -0.3 is 5.11 Å².